The van der Waals surface area contributed by atoms with Crippen LogP contribution in [0.3, 0.4) is 0 Å². The topological polar surface area (TPSA) is 105 Å². The molecule has 2 aromatic rings. The lowest BCUT2D eigenvalue weighted by Crippen LogP contribution is -2.27. The molecule has 1 aromatic carbocycles. The van der Waals surface area contributed by atoms with E-state index in [1.807, 2.05) is 0 Å². The molecule has 0 atom stereocenters. The number of hydrogen-bond donors (Lipinski definition) is 2. The van der Waals surface area contributed by atoms with E-state index >= 15 is 0 Å². The van der Waals surface area contributed by atoms with Crippen LogP contribution in [0.15, 0.2) is 40.6 Å². The Balaban J connectivity index is 1.63. The summed E-state index contributed by atoms with van der Waals surface area (Å²) in [7, 11) is -2.68. The molecule has 0 bridgehead atoms. The Kier molecular flexibility index (Phi) is 5.99. The molecule has 8 nitrogen and oxygen atoms in total. The lowest BCUT2D eigenvalue weighted by atomic mass is 10.2. The second-order valence-electron chi connectivity index (χ2n) is 5.66. The van der Waals surface area contributed by atoms with E-state index in [4.69, 9.17) is 0 Å². The van der Waals surface area contributed by atoms with Crippen LogP contribution in [0.4, 0.5) is 10.5 Å². The van der Waals surface area contributed by atoms with Gasteiger partial charge in [-0.05, 0) is 35.7 Å². The molecule has 1 aromatic heterocycles. The predicted octanol–water partition coefficient (Wildman–Crippen LogP) is 1.39. The van der Waals surface area contributed by atoms with Gasteiger partial charge in [-0.2, -0.15) is 4.72 Å². The van der Waals surface area contributed by atoms with Gasteiger partial charge in [0.15, 0.2) is 0 Å². The molecule has 0 radical (unpaired) electrons. The van der Waals surface area contributed by atoms with E-state index in [9.17, 15) is 18.0 Å². The first-order chi connectivity index (χ1) is 13.4. The monoisotopic (exact) mass is 419 g/mol. The van der Waals surface area contributed by atoms with Crippen molar-refractivity contribution in [2.75, 3.05) is 31.6 Å². The van der Waals surface area contributed by atoms with Gasteiger partial charge in [-0.3, -0.25) is 4.90 Å². The molecule has 10 heteroatoms. The van der Waals surface area contributed by atoms with Gasteiger partial charge in [-0.1, -0.05) is 11.8 Å². The zero-order valence-corrected chi connectivity index (χ0v) is 16.5. The molecular weight excluding hydrogens is 402 g/mol. The quantitative estimate of drug-likeness (QED) is 0.563. The smallest absolute Gasteiger partial charge is 0.349 e. The van der Waals surface area contributed by atoms with Gasteiger partial charge in [0, 0.05) is 24.3 Å². The summed E-state index contributed by atoms with van der Waals surface area (Å²) in [5.74, 6) is 4.89. The number of thiophene rings is 1. The second kappa shape index (κ2) is 8.43. The molecule has 28 heavy (non-hydrogen) atoms. The lowest BCUT2D eigenvalue weighted by Gasteiger charge is -2.13. The minimum absolute atomic E-state index is 0.0181. The molecule has 1 aliphatic rings. The minimum atomic E-state index is -3.88. The number of anilines is 1. The summed E-state index contributed by atoms with van der Waals surface area (Å²) in [4.78, 5) is 24.8. The van der Waals surface area contributed by atoms with Crippen molar-refractivity contribution in [2.45, 2.75) is 4.90 Å². The Morgan fingerprint density at radius 3 is 2.71 bits per heavy atom. The van der Waals surface area contributed by atoms with E-state index in [0.29, 0.717) is 18.7 Å². The number of amides is 2. The SMILES string of the molecule is COC(=O)c1sccc1S(=O)(=O)NCC#Cc1ccc(N2CCNC2=O)cc1. The third-order valence-electron chi connectivity index (χ3n) is 3.91. The lowest BCUT2D eigenvalue weighted by molar-refractivity contribution is 0.0602. The molecule has 1 aliphatic heterocycles. The van der Waals surface area contributed by atoms with Crippen LogP contribution >= 0.6 is 11.3 Å². The van der Waals surface area contributed by atoms with Crippen LogP contribution in [0.2, 0.25) is 0 Å². The van der Waals surface area contributed by atoms with Crippen molar-refractivity contribution >= 4 is 39.0 Å². The molecule has 0 saturated carbocycles. The second-order valence-corrected chi connectivity index (χ2v) is 8.31. The number of hydrogen-bond acceptors (Lipinski definition) is 6. The number of benzene rings is 1. The summed E-state index contributed by atoms with van der Waals surface area (Å²) in [6.07, 6.45) is 0. The zero-order chi connectivity index (χ0) is 20.1. The highest BCUT2D eigenvalue weighted by Gasteiger charge is 2.24. The molecule has 146 valence electrons. The van der Waals surface area contributed by atoms with Gasteiger partial charge in [0.2, 0.25) is 10.0 Å². The van der Waals surface area contributed by atoms with E-state index in [2.05, 4.69) is 26.6 Å². The summed E-state index contributed by atoms with van der Waals surface area (Å²) in [6, 6.07) is 8.31. The van der Waals surface area contributed by atoms with Crippen molar-refractivity contribution in [3.05, 3.63) is 46.2 Å². The van der Waals surface area contributed by atoms with Crippen LogP contribution in [0.25, 0.3) is 0 Å². The molecule has 3 rings (SSSR count). The largest absolute Gasteiger partial charge is 0.465 e. The van der Waals surface area contributed by atoms with Crippen molar-refractivity contribution in [3.63, 3.8) is 0 Å². The highest BCUT2D eigenvalue weighted by Crippen LogP contribution is 2.22. The summed E-state index contributed by atoms with van der Waals surface area (Å²) >= 11 is 0.995. The van der Waals surface area contributed by atoms with Gasteiger partial charge in [0.05, 0.1) is 13.7 Å². The fourth-order valence-corrected chi connectivity index (χ4v) is 4.80. The van der Waals surface area contributed by atoms with Crippen molar-refractivity contribution < 1.29 is 22.7 Å². The maximum absolute atomic E-state index is 12.3. The molecule has 0 spiro atoms. The zero-order valence-electron chi connectivity index (χ0n) is 14.9. The minimum Gasteiger partial charge on any atom is -0.465 e. The molecule has 0 unspecified atom stereocenters. The maximum atomic E-state index is 12.3. The van der Waals surface area contributed by atoms with Crippen molar-refractivity contribution in [3.8, 4) is 11.8 Å². The van der Waals surface area contributed by atoms with Crippen LogP contribution in [-0.2, 0) is 14.8 Å². The van der Waals surface area contributed by atoms with E-state index in [1.54, 1.807) is 29.2 Å². The molecule has 1 saturated heterocycles. The van der Waals surface area contributed by atoms with Gasteiger partial charge in [0.1, 0.15) is 9.77 Å². The maximum Gasteiger partial charge on any atom is 0.349 e. The normalized spacial score (nSPS) is 13.6. The molecule has 2 amide bonds. The Hall–Kier alpha value is -2.87. The number of nitrogens with zero attached hydrogens (tertiary/aromatic N) is 1. The van der Waals surface area contributed by atoms with Crippen molar-refractivity contribution in [2.24, 2.45) is 0 Å². The first-order valence-corrected chi connectivity index (χ1v) is 10.6. The Labute approximate surface area is 166 Å². The number of nitrogens with one attached hydrogen (secondary N) is 2. The fourth-order valence-electron chi connectivity index (χ4n) is 2.55. The van der Waals surface area contributed by atoms with Crippen molar-refractivity contribution in [1.82, 2.24) is 10.0 Å². The molecular formula is C18H17N3O5S2. The first kappa shape index (κ1) is 19.9. The molecule has 0 aliphatic carbocycles. The van der Waals surface area contributed by atoms with E-state index in [1.165, 1.54) is 18.6 Å². The number of urea groups is 1. The van der Waals surface area contributed by atoms with Crippen LogP contribution in [0.5, 0.6) is 0 Å². The number of ether oxygens (including phenoxy) is 1. The van der Waals surface area contributed by atoms with Gasteiger partial charge in [0.25, 0.3) is 0 Å². The standard InChI is InChI=1S/C18H17N3O5S2/c1-26-17(22)16-15(8-12-27-16)28(24,25)20-9-2-3-13-4-6-14(7-5-13)21-11-10-19-18(21)23/h4-8,12,20H,9-11H2,1H3,(H,19,23). The first-order valence-electron chi connectivity index (χ1n) is 8.22. The van der Waals surface area contributed by atoms with Crippen LogP contribution in [0, 0.1) is 11.8 Å². The average molecular weight is 419 g/mol. The van der Waals surface area contributed by atoms with Crippen LogP contribution in [-0.4, -0.2) is 47.2 Å². The number of methoxy groups -OCH3 is 1. The highest BCUT2D eigenvalue weighted by molar-refractivity contribution is 7.89. The van der Waals surface area contributed by atoms with E-state index in [0.717, 1.165) is 17.0 Å². The Bertz CT molecular complexity index is 1050. The van der Waals surface area contributed by atoms with Gasteiger partial charge in [-0.15, -0.1) is 11.3 Å². The van der Waals surface area contributed by atoms with Crippen molar-refractivity contribution in [1.29, 1.82) is 0 Å². The van der Waals surface area contributed by atoms with Crippen LogP contribution in [0.1, 0.15) is 15.2 Å². The number of rotatable bonds is 5. The Morgan fingerprint density at radius 1 is 1.32 bits per heavy atom. The summed E-state index contributed by atoms with van der Waals surface area (Å²) in [5.41, 5.74) is 1.46. The van der Waals surface area contributed by atoms with Gasteiger partial charge in [-0.25, -0.2) is 18.0 Å². The fraction of sp³-hybridized carbons (Fsp3) is 0.222. The third-order valence-corrected chi connectivity index (χ3v) is 6.38. The predicted molar refractivity (Wildman–Crippen MR) is 105 cm³/mol. The Morgan fingerprint density at radius 2 is 2.07 bits per heavy atom. The molecule has 2 heterocycles. The summed E-state index contributed by atoms with van der Waals surface area (Å²) in [5, 5.41) is 4.24. The van der Waals surface area contributed by atoms with Gasteiger partial charge >= 0.3 is 12.0 Å². The number of esters is 1. The van der Waals surface area contributed by atoms with E-state index < -0.39 is 16.0 Å². The highest BCUT2D eigenvalue weighted by atomic mass is 32.2. The third kappa shape index (κ3) is 4.33. The number of carbonyl (C=O) groups excluding carboxylic acids is 2. The van der Waals surface area contributed by atoms with Gasteiger partial charge < -0.3 is 10.1 Å². The van der Waals surface area contributed by atoms with E-state index in [-0.39, 0.29) is 22.3 Å². The average Bonchev–Trinajstić information content (AvgIpc) is 3.35. The summed E-state index contributed by atoms with van der Waals surface area (Å²) in [6.45, 7) is 1.11. The summed E-state index contributed by atoms with van der Waals surface area (Å²) < 4.78 is 31.6. The number of sulfonamides is 1. The molecule has 1 fully saturated rings. The number of carbonyl (C=O) groups is 2. The van der Waals surface area contributed by atoms with Crippen LogP contribution < -0.4 is 14.9 Å². The molecule has 2 N–H and O–H groups in total.